The van der Waals surface area contributed by atoms with E-state index in [4.69, 9.17) is 15.2 Å². The van der Waals surface area contributed by atoms with Crippen LogP contribution in [0.4, 0.5) is 11.4 Å². The van der Waals surface area contributed by atoms with E-state index in [9.17, 15) is 9.59 Å². The second kappa shape index (κ2) is 11.6. The molecular formula is C24H29N5O4. The molecule has 1 aromatic heterocycles. The van der Waals surface area contributed by atoms with Gasteiger partial charge in [0.25, 0.3) is 0 Å². The minimum Gasteiger partial charge on any atom is -0.493 e. The summed E-state index contributed by atoms with van der Waals surface area (Å²) in [4.78, 5) is 26.1. The van der Waals surface area contributed by atoms with Crippen molar-refractivity contribution in [1.82, 2.24) is 14.7 Å². The third-order valence-corrected chi connectivity index (χ3v) is 4.83. The van der Waals surface area contributed by atoms with Crippen LogP contribution in [0.15, 0.2) is 60.9 Å². The molecule has 0 spiro atoms. The number of carbonyl (C=O) groups is 2. The van der Waals surface area contributed by atoms with E-state index < -0.39 is 0 Å². The predicted octanol–water partition coefficient (Wildman–Crippen LogP) is 2.72. The van der Waals surface area contributed by atoms with Crippen molar-refractivity contribution in [3.8, 4) is 11.5 Å². The molecule has 0 bridgehead atoms. The normalized spacial score (nSPS) is 10.5. The van der Waals surface area contributed by atoms with Crippen LogP contribution in [-0.2, 0) is 16.1 Å². The fourth-order valence-corrected chi connectivity index (χ4v) is 2.88. The number of aromatic nitrogens is 2. The maximum atomic E-state index is 12.4. The van der Waals surface area contributed by atoms with Gasteiger partial charge in [0.15, 0.2) is 0 Å². The van der Waals surface area contributed by atoms with Gasteiger partial charge in [0.1, 0.15) is 24.7 Å². The molecule has 0 fully saturated rings. The highest BCUT2D eigenvalue weighted by Gasteiger charge is 2.12. The largest absolute Gasteiger partial charge is 0.493 e. The van der Waals surface area contributed by atoms with Gasteiger partial charge in [-0.05, 0) is 43.3 Å². The van der Waals surface area contributed by atoms with E-state index in [0.29, 0.717) is 30.3 Å². The number of carbonyl (C=O) groups excluding carboxylic acids is 2. The van der Waals surface area contributed by atoms with Gasteiger partial charge in [0.2, 0.25) is 11.8 Å². The van der Waals surface area contributed by atoms with Gasteiger partial charge in [0, 0.05) is 18.9 Å². The van der Waals surface area contributed by atoms with E-state index in [1.807, 2.05) is 31.2 Å². The summed E-state index contributed by atoms with van der Waals surface area (Å²) in [7, 11) is 1.72. The predicted molar refractivity (Wildman–Crippen MR) is 126 cm³/mol. The average molecular weight is 452 g/mol. The van der Waals surface area contributed by atoms with E-state index in [1.165, 1.54) is 10.9 Å². The third-order valence-electron chi connectivity index (χ3n) is 4.83. The van der Waals surface area contributed by atoms with Crippen molar-refractivity contribution in [3.63, 3.8) is 0 Å². The highest BCUT2D eigenvalue weighted by molar-refractivity contribution is 5.90. The van der Waals surface area contributed by atoms with Gasteiger partial charge in [0.05, 0.1) is 31.5 Å². The smallest absolute Gasteiger partial charge is 0.244 e. The van der Waals surface area contributed by atoms with Crippen molar-refractivity contribution >= 4 is 23.2 Å². The number of nitrogens with zero attached hydrogens (tertiary/aromatic N) is 3. The number of hydrogen-bond acceptors (Lipinski definition) is 6. The molecular weight excluding hydrogens is 422 g/mol. The molecule has 9 heteroatoms. The number of nitrogens with two attached hydrogens (primary N) is 1. The van der Waals surface area contributed by atoms with Crippen LogP contribution in [0.3, 0.4) is 0 Å². The van der Waals surface area contributed by atoms with Crippen LogP contribution in [-0.4, -0.2) is 53.3 Å². The molecule has 0 unspecified atom stereocenters. The van der Waals surface area contributed by atoms with E-state index in [2.05, 4.69) is 10.4 Å². The summed E-state index contributed by atoms with van der Waals surface area (Å²) in [5, 5.41) is 6.89. The molecule has 9 nitrogen and oxygen atoms in total. The Bertz CT molecular complexity index is 1050. The first-order chi connectivity index (χ1) is 15.9. The Morgan fingerprint density at radius 3 is 2.36 bits per heavy atom. The summed E-state index contributed by atoms with van der Waals surface area (Å²) in [5.41, 5.74) is 7.96. The van der Waals surface area contributed by atoms with Gasteiger partial charge in [-0.25, -0.2) is 0 Å². The summed E-state index contributed by atoms with van der Waals surface area (Å²) in [6.45, 7) is 3.16. The van der Waals surface area contributed by atoms with Gasteiger partial charge < -0.3 is 25.4 Å². The first kappa shape index (κ1) is 23.6. The van der Waals surface area contributed by atoms with Crippen LogP contribution < -0.4 is 20.5 Å². The highest BCUT2D eigenvalue weighted by atomic mass is 16.5. The maximum absolute atomic E-state index is 12.4. The van der Waals surface area contributed by atoms with Crippen LogP contribution in [0.1, 0.15) is 12.0 Å². The zero-order chi connectivity index (χ0) is 23.6. The standard InChI is InChI=1S/C24H29N5O4/c1-18-3-7-21(8-4-18)33-14-12-28(2)24(31)17-29-16-20(15-26-29)27-23(30)11-13-32-22-9-5-19(25)6-10-22/h3-10,15-16H,11-14,17,25H2,1-2H3,(H,27,30). The summed E-state index contributed by atoms with van der Waals surface area (Å²) < 4.78 is 12.7. The molecule has 0 aliphatic rings. The summed E-state index contributed by atoms with van der Waals surface area (Å²) in [5.74, 6) is 1.10. The quantitative estimate of drug-likeness (QED) is 0.434. The van der Waals surface area contributed by atoms with E-state index in [-0.39, 0.29) is 31.4 Å². The topological polar surface area (TPSA) is 112 Å². The second-order valence-corrected chi connectivity index (χ2v) is 7.62. The fourth-order valence-electron chi connectivity index (χ4n) is 2.88. The molecule has 1 heterocycles. The average Bonchev–Trinajstić information content (AvgIpc) is 3.22. The fraction of sp³-hybridized carbons (Fsp3) is 0.292. The molecule has 0 saturated carbocycles. The Labute approximate surface area is 193 Å². The summed E-state index contributed by atoms with van der Waals surface area (Å²) in [6.07, 6.45) is 3.30. The first-order valence-corrected chi connectivity index (χ1v) is 10.6. The van der Waals surface area contributed by atoms with Crippen LogP contribution in [0.2, 0.25) is 0 Å². The highest BCUT2D eigenvalue weighted by Crippen LogP contribution is 2.14. The number of aryl methyl sites for hydroxylation is 1. The molecule has 3 aromatic rings. The molecule has 3 rings (SSSR count). The number of rotatable bonds is 11. The molecule has 2 amide bonds. The Hall–Kier alpha value is -4.01. The van der Waals surface area contributed by atoms with Crippen LogP contribution in [0.5, 0.6) is 11.5 Å². The Kier molecular flexibility index (Phi) is 8.29. The van der Waals surface area contributed by atoms with Crippen molar-refractivity contribution in [2.45, 2.75) is 19.9 Å². The van der Waals surface area contributed by atoms with Crippen molar-refractivity contribution < 1.29 is 19.1 Å². The number of anilines is 2. The minimum atomic E-state index is -0.207. The molecule has 0 radical (unpaired) electrons. The minimum absolute atomic E-state index is 0.0666. The summed E-state index contributed by atoms with van der Waals surface area (Å²) in [6, 6.07) is 14.7. The van der Waals surface area contributed by atoms with Crippen molar-refractivity contribution in [2.75, 3.05) is 37.9 Å². The molecule has 3 N–H and O–H groups in total. The monoisotopic (exact) mass is 451 g/mol. The van der Waals surface area contributed by atoms with Gasteiger partial charge in [-0.1, -0.05) is 17.7 Å². The van der Waals surface area contributed by atoms with Gasteiger partial charge >= 0.3 is 0 Å². The summed E-state index contributed by atoms with van der Waals surface area (Å²) >= 11 is 0. The molecule has 33 heavy (non-hydrogen) atoms. The molecule has 174 valence electrons. The Balaban J connectivity index is 1.36. The lowest BCUT2D eigenvalue weighted by Gasteiger charge is -2.17. The number of ether oxygens (including phenoxy) is 2. The number of nitrogens with one attached hydrogen (secondary N) is 1. The van der Waals surface area contributed by atoms with Crippen LogP contribution in [0.25, 0.3) is 0 Å². The SMILES string of the molecule is Cc1ccc(OCCN(C)C(=O)Cn2cc(NC(=O)CCOc3ccc(N)cc3)cn2)cc1. The van der Waals surface area contributed by atoms with Crippen molar-refractivity contribution in [3.05, 3.63) is 66.5 Å². The zero-order valence-electron chi connectivity index (χ0n) is 18.9. The lowest BCUT2D eigenvalue weighted by Crippen LogP contribution is -2.33. The number of hydrogen-bond donors (Lipinski definition) is 2. The number of amides is 2. The van der Waals surface area contributed by atoms with Crippen molar-refractivity contribution in [2.24, 2.45) is 0 Å². The number of likely N-dealkylation sites (N-methyl/N-ethyl adjacent to an activating group) is 1. The second-order valence-electron chi connectivity index (χ2n) is 7.62. The van der Waals surface area contributed by atoms with Gasteiger partial charge in [-0.3, -0.25) is 14.3 Å². The van der Waals surface area contributed by atoms with Crippen molar-refractivity contribution in [1.29, 1.82) is 0 Å². The van der Waals surface area contributed by atoms with E-state index >= 15 is 0 Å². The van der Waals surface area contributed by atoms with Gasteiger partial charge in [-0.15, -0.1) is 0 Å². The Morgan fingerprint density at radius 1 is 1.03 bits per heavy atom. The zero-order valence-corrected chi connectivity index (χ0v) is 18.9. The molecule has 0 atom stereocenters. The van der Waals surface area contributed by atoms with E-state index in [0.717, 1.165) is 11.3 Å². The molecule has 0 aliphatic carbocycles. The molecule has 0 aliphatic heterocycles. The number of nitrogen functional groups attached to an aromatic ring is 1. The maximum Gasteiger partial charge on any atom is 0.244 e. The van der Waals surface area contributed by atoms with E-state index in [1.54, 1.807) is 42.4 Å². The van der Waals surface area contributed by atoms with Crippen LogP contribution >= 0.6 is 0 Å². The van der Waals surface area contributed by atoms with Gasteiger partial charge in [-0.2, -0.15) is 5.10 Å². The first-order valence-electron chi connectivity index (χ1n) is 10.6. The van der Waals surface area contributed by atoms with Crippen LogP contribution in [0, 0.1) is 6.92 Å². The molecule has 2 aromatic carbocycles. The Morgan fingerprint density at radius 2 is 1.67 bits per heavy atom. The lowest BCUT2D eigenvalue weighted by molar-refractivity contribution is -0.131. The third kappa shape index (κ3) is 7.88. The lowest BCUT2D eigenvalue weighted by atomic mass is 10.2. The molecule has 0 saturated heterocycles. The number of benzene rings is 2.